The fraction of sp³-hybridized carbons (Fsp3) is 0.286. The molecule has 0 aliphatic carbocycles. The Labute approximate surface area is 127 Å². The van der Waals surface area contributed by atoms with E-state index in [1.165, 1.54) is 12.1 Å². The normalized spacial score (nSPS) is 13.3. The van der Waals surface area contributed by atoms with Gasteiger partial charge in [0.15, 0.2) is 0 Å². The van der Waals surface area contributed by atoms with Crippen molar-refractivity contribution >= 4 is 21.4 Å². The molecular formula is C14H17FN2O2S2. The molecule has 0 aliphatic rings. The quantitative estimate of drug-likeness (QED) is 0.854. The predicted molar refractivity (Wildman–Crippen MR) is 82.1 cm³/mol. The molecule has 7 heteroatoms. The van der Waals surface area contributed by atoms with Crippen molar-refractivity contribution in [1.29, 1.82) is 0 Å². The van der Waals surface area contributed by atoms with Crippen molar-refractivity contribution in [2.24, 2.45) is 5.73 Å². The number of rotatable bonds is 6. The first-order chi connectivity index (χ1) is 9.90. The largest absolute Gasteiger partial charge is 0.326 e. The Balaban J connectivity index is 2.03. The van der Waals surface area contributed by atoms with Gasteiger partial charge in [-0.2, -0.15) is 0 Å². The number of nitrogens with two attached hydrogens (primary N) is 1. The molecule has 2 rings (SSSR count). The fourth-order valence-corrected chi connectivity index (χ4v) is 4.42. The number of halogens is 1. The molecule has 0 aliphatic heterocycles. The van der Waals surface area contributed by atoms with Crippen molar-refractivity contribution in [3.63, 3.8) is 0 Å². The van der Waals surface area contributed by atoms with Gasteiger partial charge in [-0.05, 0) is 48.1 Å². The molecule has 2 aromatic rings. The standard InChI is InChI=1S/C14H17FN2O2S2/c1-10(6-11-2-4-13(15)5-3-11)17-21(18,19)14-7-12(8-16)9-20-14/h2-5,7,9-10,17H,6,8,16H2,1H3. The van der Waals surface area contributed by atoms with Gasteiger partial charge in [-0.25, -0.2) is 17.5 Å². The minimum Gasteiger partial charge on any atom is -0.326 e. The van der Waals surface area contributed by atoms with Gasteiger partial charge in [0, 0.05) is 12.6 Å². The van der Waals surface area contributed by atoms with Gasteiger partial charge in [0.2, 0.25) is 10.0 Å². The lowest BCUT2D eigenvalue weighted by atomic mass is 10.1. The zero-order valence-corrected chi connectivity index (χ0v) is 13.2. The van der Waals surface area contributed by atoms with Crippen LogP contribution in [0.5, 0.6) is 0 Å². The van der Waals surface area contributed by atoms with Crippen LogP contribution in [0.4, 0.5) is 4.39 Å². The lowest BCUT2D eigenvalue weighted by Crippen LogP contribution is -2.33. The Morgan fingerprint density at radius 1 is 1.29 bits per heavy atom. The average molecular weight is 328 g/mol. The van der Waals surface area contributed by atoms with E-state index in [4.69, 9.17) is 5.73 Å². The molecular weight excluding hydrogens is 311 g/mol. The van der Waals surface area contributed by atoms with Crippen LogP contribution in [0.1, 0.15) is 18.1 Å². The van der Waals surface area contributed by atoms with E-state index in [0.717, 1.165) is 22.5 Å². The molecule has 0 saturated carbocycles. The Bertz CT molecular complexity index is 696. The van der Waals surface area contributed by atoms with Gasteiger partial charge in [0.05, 0.1) is 0 Å². The van der Waals surface area contributed by atoms with Crippen LogP contribution in [-0.4, -0.2) is 14.5 Å². The highest BCUT2D eigenvalue weighted by Crippen LogP contribution is 2.20. The zero-order chi connectivity index (χ0) is 15.5. The highest BCUT2D eigenvalue weighted by atomic mass is 32.2. The van der Waals surface area contributed by atoms with Crippen LogP contribution in [0.15, 0.2) is 39.9 Å². The highest BCUT2D eigenvalue weighted by molar-refractivity contribution is 7.91. The first-order valence-corrected chi connectivity index (χ1v) is 8.81. The molecule has 0 saturated heterocycles. The lowest BCUT2D eigenvalue weighted by Gasteiger charge is -2.13. The smallest absolute Gasteiger partial charge is 0.250 e. The minimum absolute atomic E-state index is 0.258. The maximum atomic E-state index is 12.8. The summed E-state index contributed by atoms with van der Waals surface area (Å²) in [6.07, 6.45) is 0.495. The Kier molecular flexibility index (Phi) is 5.10. The van der Waals surface area contributed by atoms with Gasteiger partial charge in [-0.3, -0.25) is 0 Å². The monoisotopic (exact) mass is 328 g/mol. The van der Waals surface area contributed by atoms with Crippen LogP contribution < -0.4 is 10.5 Å². The second kappa shape index (κ2) is 6.65. The molecule has 0 amide bonds. The van der Waals surface area contributed by atoms with Crippen LogP contribution >= 0.6 is 11.3 Å². The molecule has 3 N–H and O–H groups in total. The van der Waals surface area contributed by atoms with Crippen molar-refractivity contribution in [2.45, 2.75) is 30.1 Å². The third-order valence-corrected chi connectivity index (χ3v) is 6.02. The highest BCUT2D eigenvalue weighted by Gasteiger charge is 2.19. The Morgan fingerprint density at radius 2 is 1.95 bits per heavy atom. The number of nitrogens with one attached hydrogen (secondary N) is 1. The van der Waals surface area contributed by atoms with Crippen molar-refractivity contribution in [1.82, 2.24) is 4.72 Å². The summed E-state index contributed by atoms with van der Waals surface area (Å²) in [5.74, 6) is -0.306. The molecule has 4 nitrogen and oxygen atoms in total. The average Bonchev–Trinajstić information content (AvgIpc) is 2.90. The van der Waals surface area contributed by atoms with Gasteiger partial charge in [-0.15, -0.1) is 11.3 Å². The zero-order valence-electron chi connectivity index (χ0n) is 11.5. The number of hydrogen-bond acceptors (Lipinski definition) is 4. The van der Waals surface area contributed by atoms with E-state index in [0.29, 0.717) is 13.0 Å². The van der Waals surface area contributed by atoms with Crippen LogP contribution in [0.2, 0.25) is 0 Å². The van der Waals surface area contributed by atoms with E-state index in [1.807, 2.05) is 0 Å². The first-order valence-electron chi connectivity index (χ1n) is 6.45. The number of thiophene rings is 1. The summed E-state index contributed by atoms with van der Waals surface area (Å²) in [5.41, 5.74) is 7.16. The molecule has 21 heavy (non-hydrogen) atoms. The number of hydrogen-bond donors (Lipinski definition) is 2. The van der Waals surface area contributed by atoms with Crippen molar-refractivity contribution in [3.05, 3.63) is 52.7 Å². The molecule has 0 bridgehead atoms. The van der Waals surface area contributed by atoms with E-state index < -0.39 is 10.0 Å². The summed E-state index contributed by atoms with van der Waals surface area (Å²) in [6.45, 7) is 2.09. The first kappa shape index (κ1) is 16.1. The van der Waals surface area contributed by atoms with Gasteiger partial charge >= 0.3 is 0 Å². The van der Waals surface area contributed by atoms with E-state index in [-0.39, 0.29) is 16.1 Å². The minimum atomic E-state index is -3.54. The summed E-state index contributed by atoms with van der Waals surface area (Å²) in [4.78, 5) is 0. The Morgan fingerprint density at radius 3 is 2.52 bits per heavy atom. The Hall–Kier alpha value is -1.28. The summed E-state index contributed by atoms with van der Waals surface area (Å²) < 4.78 is 40.1. The lowest BCUT2D eigenvalue weighted by molar-refractivity contribution is 0.561. The second-order valence-electron chi connectivity index (χ2n) is 4.83. The molecule has 1 aromatic heterocycles. The van der Waals surface area contributed by atoms with Crippen molar-refractivity contribution < 1.29 is 12.8 Å². The van der Waals surface area contributed by atoms with E-state index in [9.17, 15) is 12.8 Å². The van der Waals surface area contributed by atoms with E-state index in [2.05, 4.69) is 4.72 Å². The summed E-state index contributed by atoms with van der Waals surface area (Å²) >= 11 is 1.15. The summed E-state index contributed by atoms with van der Waals surface area (Å²) in [5, 5.41) is 1.74. The molecule has 1 unspecified atom stereocenters. The van der Waals surface area contributed by atoms with Crippen molar-refractivity contribution in [2.75, 3.05) is 0 Å². The van der Waals surface area contributed by atoms with E-state index >= 15 is 0 Å². The molecule has 1 aromatic carbocycles. The van der Waals surface area contributed by atoms with E-state index in [1.54, 1.807) is 30.5 Å². The van der Waals surface area contributed by atoms with Gasteiger partial charge in [0.1, 0.15) is 10.0 Å². The van der Waals surface area contributed by atoms with Crippen molar-refractivity contribution in [3.8, 4) is 0 Å². The molecule has 0 spiro atoms. The van der Waals surface area contributed by atoms with Gasteiger partial charge < -0.3 is 5.73 Å². The summed E-state index contributed by atoms with van der Waals surface area (Å²) in [7, 11) is -3.54. The topological polar surface area (TPSA) is 72.2 Å². The predicted octanol–water partition coefficient (Wildman–Crippen LogP) is 2.26. The third-order valence-electron chi connectivity index (χ3n) is 2.94. The summed E-state index contributed by atoms with van der Waals surface area (Å²) in [6, 6.07) is 7.32. The maximum absolute atomic E-state index is 12.8. The van der Waals surface area contributed by atoms with Gasteiger partial charge in [-0.1, -0.05) is 12.1 Å². The fourth-order valence-electron chi connectivity index (χ4n) is 1.94. The van der Waals surface area contributed by atoms with Gasteiger partial charge in [0.25, 0.3) is 0 Å². The maximum Gasteiger partial charge on any atom is 0.250 e. The molecule has 0 fully saturated rings. The SMILES string of the molecule is CC(Cc1ccc(F)cc1)NS(=O)(=O)c1cc(CN)cs1. The van der Waals surface area contributed by atoms with Crippen LogP contribution in [0, 0.1) is 5.82 Å². The van der Waals surface area contributed by atoms with Crippen LogP contribution in [0.3, 0.4) is 0 Å². The van der Waals surface area contributed by atoms with Crippen LogP contribution in [0.25, 0.3) is 0 Å². The molecule has 1 atom stereocenters. The number of benzene rings is 1. The molecule has 0 radical (unpaired) electrons. The van der Waals surface area contributed by atoms with Crippen LogP contribution in [-0.2, 0) is 23.0 Å². The number of sulfonamides is 1. The second-order valence-corrected chi connectivity index (χ2v) is 7.68. The molecule has 114 valence electrons. The third kappa shape index (κ3) is 4.34. The molecule has 1 heterocycles.